The summed E-state index contributed by atoms with van der Waals surface area (Å²) in [5.41, 5.74) is 0. The highest BCUT2D eigenvalue weighted by atomic mass is 16.4. The van der Waals surface area contributed by atoms with E-state index in [1.54, 1.807) is 0 Å². The van der Waals surface area contributed by atoms with Gasteiger partial charge in [-0.25, -0.2) is 0 Å². The van der Waals surface area contributed by atoms with Crippen LogP contribution in [-0.2, 0) is 9.59 Å². The van der Waals surface area contributed by atoms with Crippen LogP contribution in [0.1, 0.15) is 51.4 Å². The average molecular weight is 239 g/mol. The number of aliphatic carboxylic acids is 1. The number of nitrogens with one attached hydrogen (secondary N) is 1. The Bertz CT molecular complexity index is 291. The lowest BCUT2D eigenvalue weighted by atomic mass is 9.80. The number of carboxylic acid groups (broad SMARTS) is 1. The first kappa shape index (κ1) is 12.4. The van der Waals surface area contributed by atoms with Crippen molar-refractivity contribution in [2.24, 2.45) is 11.8 Å². The zero-order valence-corrected chi connectivity index (χ0v) is 10.2. The normalized spacial score (nSPS) is 28.7. The Morgan fingerprint density at radius 1 is 1.06 bits per heavy atom. The lowest BCUT2D eigenvalue weighted by molar-refractivity contribution is -0.143. The minimum absolute atomic E-state index is 0.147. The van der Waals surface area contributed by atoms with Gasteiger partial charge in [-0.2, -0.15) is 0 Å². The fraction of sp³-hybridized carbons (Fsp3) is 0.846. The van der Waals surface area contributed by atoms with E-state index in [9.17, 15) is 9.59 Å². The first-order valence-electron chi connectivity index (χ1n) is 6.67. The van der Waals surface area contributed by atoms with E-state index in [-0.39, 0.29) is 11.8 Å². The van der Waals surface area contributed by atoms with Crippen molar-refractivity contribution < 1.29 is 14.7 Å². The Morgan fingerprint density at radius 2 is 1.71 bits per heavy atom. The zero-order chi connectivity index (χ0) is 12.3. The molecule has 0 atom stereocenters. The van der Waals surface area contributed by atoms with Gasteiger partial charge < -0.3 is 10.4 Å². The van der Waals surface area contributed by atoms with Gasteiger partial charge in [0.1, 0.15) is 0 Å². The Kier molecular flexibility index (Phi) is 4.02. The topological polar surface area (TPSA) is 66.4 Å². The molecule has 0 radical (unpaired) electrons. The molecule has 2 aliphatic rings. The van der Waals surface area contributed by atoms with Crippen LogP contribution in [0.3, 0.4) is 0 Å². The van der Waals surface area contributed by atoms with Crippen molar-refractivity contribution in [3.05, 3.63) is 0 Å². The van der Waals surface area contributed by atoms with Crippen LogP contribution in [0.25, 0.3) is 0 Å². The maximum Gasteiger partial charge on any atom is 0.306 e. The van der Waals surface area contributed by atoms with E-state index in [2.05, 4.69) is 5.32 Å². The fourth-order valence-electron chi connectivity index (χ4n) is 2.56. The molecule has 0 aliphatic heterocycles. The molecule has 2 aliphatic carbocycles. The minimum Gasteiger partial charge on any atom is -0.481 e. The molecule has 0 aromatic heterocycles. The Morgan fingerprint density at radius 3 is 2.24 bits per heavy atom. The minimum atomic E-state index is -0.657. The molecule has 2 fully saturated rings. The van der Waals surface area contributed by atoms with Gasteiger partial charge in [0.2, 0.25) is 5.91 Å². The maximum atomic E-state index is 11.5. The van der Waals surface area contributed by atoms with Crippen molar-refractivity contribution in [3.63, 3.8) is 0 Å². The molecule has 0 bridgehead atoms. The standard InChI is InChI=1S/C13H21NO3/c15-12(14-11-6-7-11)8-3-9-1-4-10(5-2-9)13(16)17/h9-11H,1-8H2,(H,14,15)(H,16,17). The second-order valence-electron chi connectivity index (χ2n) is 5.44. The Hall–Kier alpha value is -1.06. The van der Waals surface area contributed by atoms with Crippen LogP contribution < -0.4 is 5.32 Å². The molecule has 17 heavy (non-hydrogen) atoms. The van der Waals surface area contributed by atoms with Crippen molar-refractivity contribution >= 4 is 11.9 Å². The highest BCUT2D eigenvalue weighted by molar-refractivity contribution is 5.76. The van der Waals surface area contributed by atoms with Crippen molar-refractivity contribution in [2.75, 3.05) is 0 Å². The molecule has 1 amide bonds. The quantitative estimate of drug-likeness (QED) is 0.770. The van der Waals surface area contributed by atoms with Crippen molar-refractivity contribution in [3.8, 4) is 0 Å². The summed E-state index contributed by atoms with van der Waals surface area (Å²) in [6, 6.07) is 0.449. The van der Waals surface area contributed by atoms with Gasteiger partial charge in [0, 0.05) is 12.5 Å². The van der Waals surface area contributed by atoms with Crippen LogP contribution in [0.2, 0.25) is 0 Å². The number of carboxylic acids is 1. The lowest BCUT2D eigenvalue weighted by Gasteiger charge is -2.25. The predicted molar refractivity (Wildman–Crippen MR) is 63.5 cm³/mol. The highest BCUT2D eigenvalue weighted by Gasteiger charge is 2.27. The van der Waals surface area contributed by atoms with Gasteiger partial charge in [-0.05, 0) is 50.9 Å². The molecular formula is C13H21NO3. The summed E-state index contributed by atoms with van der Waals surface area (Å²) in [5.74, 6) is -0.0788. The van der Waals surface area contributed by atoms with Crippen LogP contribution in [0, 0.1) is 11.8 Å². The van der Waals surface area contributed by atoms with E-state index >= 15 is 0 Å². The van der Waals surface area contributed by atoms with E-state index in [0.29, 0.717) is 18.4 Å². The Balaban J connectivity index is 1.60. The van der Waals surface area contributed by atoms with Crippen LogP contribution in [0.15, 0.2) is 0 Å². The molecule has 0 spiro atoms. The molecular weight excluding hydrogens is 218 g/mol. The van der Waals surface area contributed by atoms with Gasteiger partial charge in [-0.3, -0.25) is 9.59 Å². The van der Waals surface area contributed by atoms with E-state index in [4.69, 9.17) is 5.11 Å². The summed E-state index contributed by atoms with van der Waals surface area (Å²) in [7, 11) is 0. The molecule has 0 unspecified atom stereocenters. The maximum absolute atomic E-state index is 11.5. The van der Waals surface area contributed by atoms with Gasteiger partial charge in [-0.1, -0.05) is 0 Å². The van der Waals surface area contributed by atoms with Crippen LogP contribution in [-0.4, -0.2) is 23.0 Å². The third kappa shape index (κ3) is 4.02. The summed E-state index contributed by atoms with van der Waals surface area (Å²) in [4.78, 5) is 22.3. The average Bonchev–Trinajstić information content (AvgIpc) is 3.11. The summed E-state index contributed by atoms with van der Waals surface area (Å²) in [6.45, 7) is 0. The molecule has 0 aromatic carbocycles. The molecule has 4 nitrogen and oxygen atoms in total. The van der Waals surface area contributed by atoms with Gasteiger partial charge in [0.25, 0.3) is 0 Å². The number of carbonyl (C=O) groups excluding carboxylic acids is 1. The number of amides is 1. The molecule has 0 heterocycles. The summed E-state index contributed by atoms with van der Waals surface area (Å²) in [6.07, 6.45) is 7.30. The van der Waals surface area contributed by atoms with Gasteiger partial charge in [-0.15, -0.1) is 0 Å². The summed E-state index contributed by atoms with van der Waals surface area (Å²) in [5, 5.41) is 11.9. The first-order chi connectivity index (χ1) is 8.15. The third-order valence-electron chi connectivity index (χ3n) is 3.92. The third-order valence-corrected chi connectivity index (χ3v) is 3.92. The molecule has 2 saturated carbocycles. The first-order valence-corrected chi connectivity index (χ1v) is 6.67. The number of rotatable bonds is 5. The van der Waals surface area contributed by atoms with E-state index in [0.717, 1.165) is 44.9 Å². The number of carbonyl (C=O) groups is 2. The van der Waals surface area contributed by atoms with Crippen molar-refractivity contribution in [1.29, 1.82) is 0 Å². The van der Waals surface area contributed by atoms with Crippen LogP contribution >= 0.6 is 0 Å². The monoisotopic (exact) mass is 239 g/mol. The predicted octanol–water partition coefficient (Wildman–Crippen LogP) is 1.94. The van der Waals surface area contributed by atoms with E-state index in [1.807, 2.05) is 0 Å². The Labute approximate surface area is 102 Å². The lowest BCUT2D eigenvalue weighted by Crippen LogP contribution is -2.27. The van der Waals surface area contributed by atoms with Gasteiger partial charge in [0.05, 0.1) is 5.92 Å². The van der Waals surface area contributed by atoms with Gasteiger partial charge >= 0.3 is 5.97 Å². The second kappa shape index (κ2) is 5.52. The number of hydrogen-bond acceptors (Lipinski definition) is 2. The summed E-state index contributed by atoms with van der Waals surface area (Å²) >= 11 is 0. The highest BCUT2D eigenvalue weighted by Crippen LogP contribution is 2.31. The molecule has 96 valence electrons. The molecule has 2 N–H and O–H groups in total. The largest absolute Gasteiger partial charge is 0.481 e. The van der Waals surface area contributed by atoms with Crippen LogP contribution in [0.4, 0.5) is 0 Å². The zero-order valence-electron chi connectivity index (χ0n) is 10.2. The molecule has 2 rings (SSSR count). The van der Waals surface area contributed by atoms with Crippen molar-refractivity contribution in [1.82, 2.24) is 5.32 Å². The number of hydrogen-bond donors (Lipinski definition) is 2. The van der Waals surface area contributed by atoms with E-state index < -0.39 is 5.97 Å². The second-order valence-corrected chi connectivity index (χ2v) is 5.44. The van der Waals surface area contributed by atoms with Crippen molar-refractivity contribution in [2.45, 2.75) is 57.4 Å². The smallest absolute Gasteiger partial charge is 0.306 e. The summed E-state index contributed by atoms with van der Waals surface area (Å²) < 4.78 is 0. The van der Waals surface area contributed by atoms with Gasteiger partial charge in [0.15, 0.2) is 0 Å². The molecule has 4 heteroatoms. The SMILES string of the molecule is O=C(CCC1CCC(C(=O)O)CC1)NC1CC1. The van der Waals surface area contributed by atoms with E-state index in [1.165, 1.54) is 0 Å². The van der Waals surface area contributed by atoms with Crippen LogP contribution in [0.5, 0.6) is 0 Å². The molecule has 0 saturated heterocycles. The molecule has 0 aromatic rings. The fourth-order valence-corrected chi connectivity index (χ4v) is 2.56.